The first-order chi connectivity index (χ1) is 9.24. The lowest BCUT2D eigenvalue weighted by Gasteiger charge is -2.09. The van der Waals surface area contributed by atoms with Gasteiger partial charge in [0.15, 0.2) is 5.65 Å². The fourth-order valence-electron chi connectivity index (χ4n) is 1.88. The predicted octanol–water partition coefficient (Wildman–Crippen LogP) is 2.15. The zero-order chi connectivity index (χ0) is 13.2. The first kappa shape index (κ1) is 11.6. The van der Waals surface area contributed by atoms with E-state index in [0.717, 1.165) is 16.6 Å². The van der Waals surface area contributed by atoms with E-state index in [9.17, 15) is 5.11 Å². The predicted molar refractivity (Wildman–Crippen MR) is 72.0 cm³/mol. The van der Waals surface area contributed by atoms with Crippen LogP contribution in [0.2, 0.25) is 0 Å². The van der Waals surface area contributed by atoms with Crippen LogP contribution < -0.4 is 5.32 Å². The normalized spacial score (nSPS) is 12.5. The number of aliphatic hydroxyl groups excluding tert-OH is 1. The van der Waals surface area contributed by atoms with Crippen LogP contribution in [0.3, 0.4) is 0 Å². The number of aromatic nitrogens is 4. The summed E-state index contributed by atoms with van der Waals surface area (Å²) in [5.74, 6) is 0.682. The van der Waals surface area contributed by atoms with Gasteiger partial charge in [0, 0.05) is 5.69 Å². The molecule has 0 amide bonds. The first-order valence-corrected chi connectivity index (χ1v) is 5.93. The molecule has 1 aromatic carbocycles. The molecule has 0 aliphatic carbocycles. The van der Waals surface area contributed by atoms with Crippen LogP contribution in [0, 0.1) is 0 Å². The van der Waals surface area contributed by atoms with Crippen LogP contribution in [-0.4, -0.2) is 25.3 Å². The van der Waals surface area contributed by atoms with Gasteiger partial charge in [0.25, 0.3) is 0 Å². The summed E-state index contributed by atoms with van der Waals surface area (Å²) in [4.78, 5) is 8.28. The molecule has 0 spiro atoms. The zero-order valence-electron chi connectivity index (χ0n) is 10.3. The molecular weight excluding hydrogens is 242 g/mol. The summed E-state index contributed by atoms with van der Waals surface area (Å²) in [6.07, 6.45) is 2.65. The number of hydrogen-bond donors (Lipinski definition) is 3. The summed E-state index contributed by atoms with van der Waals surface area (Å²) < 4.78 is 0. The average molecular weight is 255 g/mol. The molecule has 0 radical (unpaired) electrons. The molecule has 19 heavy (non-hydrogen) atoms. The van der Waals surface area contributed by atoms with Crippen LogP contribution in [0.25, 0.3) is 11.0 Å². The van der Waals surface area contributed by atoms with Crippen LogP contribution in [0.5, 0.6) is 0 Å². The van der Waals surface area contributed by atoms with Gasteiger partial charge in [-0.2, -0.15) is 5.10 Å². The Kier molecular flexibility index (Phi) is 2.85. The van der Waals surface area contributed by atoms with Gasteiger partial charge in [0.2, 0.25) is 0 Å². The standard InChI is InChI=1S/C13H13N5O/c1-8(19)9-3-2-4-10(5-9)17-12-11-6-16-18-13(11)15-7-14-12/h2-8,19H,1H3,(H2,14,15,16,17,18). The molecule has 2 heterocycles. The molecule has 0 saturated carbocycles. The third-order valence-electron chi connectivity index (χ3n) is 2.88. The molecule has 0 aliphatic rings. The summed E-state index contributed by atoms with van der Waals surface area (Å²) >= 11 is 0. The largest absolute Gasteiger partial charge is 0.389 e. The second-order valence-electron chi connectivity index (χ2n) is 4.28. The van der Waals surface area contributed by atoms with Crippen LogP contribution in [0.4, 0.5) is 11.5 Å². The van der Waals surface area contributed by atoms with Crippen molar-refractivity contribution in [2.75, 3.05) is 5.32 Å². The lowest BCUT2D eigenvalue weighted by atomic mass is 10.1. The van der Waals surface area contributed by atoms with Crippen LogP contribution in [-0.2, 0) is 0 Å². The van der Waals surface area contributed by atoms with Gasteiger partial charge in [0.05, 0.1) is 17.7 Å². The second-order valence-corrected chi connectivity index (χ2v) is 4.28. The number of H-pyrrole nitrogens is 1. The zero-order valence-corrected chi connectivity index (χ0v) is 10.3. The Balaban J connectivity index is 1.97. The Morgan fingerprint density at radius 2 is 2.21 bits per heavy atom. The Hall–Kier alpha value is -2.47. The van der Waals surface area contributed by atoms with Crippen LogP contribution in [0.15, 0.2) is 36.8 Å². The van der Waals surface area contributed by atoms with Crippen molar-refractivity contribution in [3.8, 4) is 0 Å². The van der Waals surface area contributed by atoms with E-state index in [-0.39, 0.29) is 0 Å². The number of anilines is 2. The topological polar surface area (TPSA) is 86.7 Å². The number of fused-ring (bicyclic) bond motifs is 1. The van der Waals surface area contributed by atoms with Crippen molar-refractivity contribution in [1.29, 1.82) is 0 Å². The second kappa shape index (κ2) is 4.66. The van der Waals surface area contributed by atoms with Crippen molar-refractivity contribution in [2.45, 2.75) is 13.0 Å². The van der Waals surface area contributed by atoms with Crippen molar-refractivity contribution in [3.05, 3.63) is 42.4 Å². The quantitative estimate of drug-likeness (QED) is 0.667. The number of aliphatic hydroxyl groups is 1. The lowest BCUT2D eigenvalue weighted by Crippen LogP contribution is -1.97. The molecule has 2 aromatic heterocycles. The van der Waals surface area contributed by atoms with Crippen molar-refractivity contribution < 1.29 is 5.11 Å². The molecule has 1 unspecified atom stereocenters. The number of nitrogens with one attached hydrogen (secondary N) is 2. The van der Waals surface area contributed by atoms with E-state index in [1.165, 1.54) is 6.33 Å². The fraction of sp³-hybridized carbons (Fsp3) is 0.154. The summed E-state index contributed by atoms with van der Waals surface area (Å²) in [6, 6.07) is 7.57. The molecule has 96 valence electrons. The Labute approximate surface area is 109 Å². The highest BCUT2D eigenvalue weighted by molar-refractivity contribution is 5.87. The van der Waals surface area contributed by atoms with Gasteiger partial charge in [-0.15, -0.1) is 0 Å². The minimum Gasteiger partial charge on any atom is -0.389 e. The van der Waals surface area contributed by atoms with Crippen LogP contribution in [0.1, 0.15) is 18.6 Å². The molecule has 1 atom stereocenters. The summed E-state index contributed by atoms with van der Waals surface area (Å²) in [6.45, 7) is 1.73. The lowest BCUT2D eigenvalue weighted by molar-refractivity contribution is 0.199. The van der Waals surface area contributed by atoms with Gasteiger partial charge in [-0.1, -0.05) is 12.1 Å². The third kappa shape index (κ3) is 2.25. The fourth-order valence-corrected chi connectivity index (χ4v) is 1.88. The van der Waals surface area contributed by atoms with Gasteiger partial charge < -0.3 is 10.4 Å². The molecule has 3 N–H and O–H groups in total. The summed E-state index contributed by atoms with van der Waals surface area (Å²) in [5, 5.41) is 20.4. The van der Waals surface area contributed by atoms with Gasteiger partial charge in [-0.3, -0.25) is 5.10 Å². The number of aromatic amines is 1. The molecule has 0 saturated heterocycles. The number of rotatable bonds is 3. The average Bonchev–Trinajstić information content (AvgIpc) is 2.88. The Bertz CT molecular complexity index is 707. The highest BCUT2D eigenvalue weighted by atomic mass is 16.3. The molecule has 6 nitrogen and oxygen atoms in total. The van der Waals surface area contributed by atoms with E-state index in [4.69, 9.17) is 0 Å². The van der Waals surface area contributed by atoms with Crippen LogP contribution >= 0.6 is 0 Å². The number of nitrogens with zero attached hydrogens (tertiary/aromatic N) is 3. The molecule has 3 aromatic rings. The van der Waals surface area contributed by atoms with E-state index in [1.54, 1.807) is 13.1 Å². The summed E-state index contributed by atoms with van der Waals surface area (Å²) in [5.41, 5.74) is 2.39. The SMILES string of the molecule is CC(O)c1cccc(Nc2ncnc3[nH]ncc23)c1. The molecule has 0 fully saturated rings. The van der Waals surface area contributed by atoms with Gasteiger partial charge in [-0.05, 0) is 24.6 Å². The highest BCUT2D eigenvalue weighted by Crippen LogP contribution is 2.23. The van der Waals surface area contributed by atoms with Gasteiger partial charge in [-0.25, -0.2) is 9.97 Å². The number of hydrogen-bond acceptors (Lipinski definition) is 5. The number of benzene rings is 1. The van der Waals surface area contributed by atoms with Gasteiger partial charge in [0.1, 0.15) is 12.1 Å². The Morgan fingerprint density at radius 1 is 1.32 bits per heavy atom. The monoisotopic (exact) mass is 255 g/mol. The minimum atomic E-state index is -0.499. The van der Waals surface area contributed by atoms with E-state index in [2.05, 4.69) is 25.5 Å². The third-order valence-corrected chi connectivity index (χ3v) is 2.88. The first-order valence-electron chi connectivity index (χ1n) is 5.93. The molecule has 0 aliphatic heterocycles. The van der Waals surface area contributed by atoms with E-state index in [0.29, 0.717) is 11.5 Å². The smallest absolute Gasteiger partial charge is 0.160 e. The Morgan fingerprint density at radius 3 is 3.05 bits per heavy atom. The summed E-state index contributed by atoms with van der Waals surface area (Å²) in [7, 11) is 0. The van der Waals surface area contributed by atoms with Crippen molar-refractivity contribution in [1.82, 2.24) is 20.2 Å². The molecule has 6 heteroatoms. The van der Waals surface area contributed by atoms with Gasteiger partial charge >= 0.3 is 0 Å². The maximum absolute atomic E-state index is 9.58. The maximum atomic E-state index is 9.58. The minimum absolute atomic E-state index is 0.499. The van der Waals surface area contributed by atoms with Crippen molar-refractivity contribution in [3.63, 3.8) is 0 Å². The highest BCUT2D eigenvalue weighted by Gasteiger charge is 2.06. The van der Waals surface area contributed by atoms with E-state index >= 15 is 0 Å². The van der Waals surface area contributed by atoms with E-state index in [1.807, 2.05) is 24.3 Å². The van der Waals surface area contributed by atoms with Crippen molar-refractivity contribution >= 4 is 22.5 Å². The molecule has 0 bridgehead atoms. The molecular formula is C13H13N5O. The maximum Gasteiger partial charge on any atom is 0.160 e. The van der Waals surface area contributed by atoms with E-state index < -0.39 is 6.10 Å². The van der Waals surface area contributed by atoms with Crippen molar-refractivity contribution in [2.24, 2.45) is 0 Å². The molecule has 3 rings (SSSR count).